The fraction of sp³-hybridized carbons (Fsp3) is 0.368. The molecule has 0 aliphatic carbocycles. The van der Waals surface area contributed by atoms with E-state index in [-0.39, 0.29) is 29.2 Å². The number of amides is 2. The molecular formula is C19H23N3O4S. The molecule has 1 aliphatic rings. The van der Waals surface area contributed by atoms with Crippen molar-refractivity contribution >= 4 is 32.6 Å². The van der Waals surface area contributed by atoms with Gasteiger partial charge in [0.05, 0.1) is 11.4 Å². The quantitative estimate of drug-likeness (QED) is 0.830. The van der Waals surface area contributed by atoms with Crippen LogP contribution in [0.5, 0.6) is 0 Å². The zero-order valence-electron chi connectivity index (χ0n) is 15.2. The number of nitrogens with two attached hydrogens (primary N) is 1. The molecule has 1 saturated heterocycles. The molecule has 2 N–H and O–H groups in total. The highest BCUT2D eigenvalue weighted by Gasteiger charge is 2.29. The first-order valence-electron chi connectivity index (χ1n) is 8.81. The zero-order chi connectivity index (χ0) is 19.6. The number of hydrogen-bond donors (Lipinski definition) is 1. The van der Waals surface area contributed by atoms with E-state index in [9.17, 15) is 18.0 Å². The van der Waals surface area contributed by atoms with Gasteiger partial charge in [-0.3, -0.25) is 9.59 Å². The molecule has 0 atom stereocenters. The number of carbonyl (C=O) groups is 2. The molecule has 0 unspecified atom stereocenters. The summed E-state index contributed by atoms with van der Waals surface area (Å²) in [5.41, 5.74) is 5.30. The summed E-state index contributed by atoms with van der Waals surface area (Å²) in [5, 5.41) is 1.78. The van der Waals surface area contributed by atoms with Crippen LogP contribution in [-0.4, -0.2) is 56.1 Å². The Kier molecular flexibility index (Phi) is 5.48. The highest BCUT2D eigenvalue weighted by Crippen LogP contribution is 2.22. The van der Waals surface area contributed by atoms with Crippen LogP contribution in [0.4, 0.5) is 0 Å². The molecule has 0 saturated carbocycles. The van der Waals surface area contributed by atoms with Crippen LogP contribution in [-0.2, 0) is 19.6 Å². The highest BCUT2D eigenvalue weighted by atomic mass is 32.2. The third-order valence-corrected chi connectivity index (χ3v) is 6.84. The summed E-state index contributed by atoms with van der Waals surface area (Å²) in [6.45, 7) is 0.586. The van der Waals surface area contributed by atoms with Gasteiger partial charge in [-0.1, -0.05) is 30.3 Å². The van der Waals surface area contributed by atoms with E-state index in [0.717, 1.165) is 15.1 Å². The third-order valence-electron chi connectivity index (χ3n) is 5.04. The molecule has 3 rings (SSSR count). The molecule has 1 fully saturated rings. The maximum Gasteiger partial charge on any atom is 0.243 e. The van der Waals surface area contributed by atoms with Crippen molar-refractivity contribution < 1.29 is 18.0 Å². The Hall–Kier alpha value is -2.45. The number of primary amides is 1. The van der Waals surface area contributed by atoms with Crippen LogP contribution in [0.25, 0.3) is 10.8 Å². The molecule has 144 valence electrons. The minimum absolute atomic E-state index is 0.156. The molecule has 0 spiro atoms. The number of likely N-dealkylation sites (N-methyl/N-ethyl adjacent to an activating group) is 1. The van der Waals surface area contributed by atoms with Gasteiger partial charge in [0.1, 0.15) is 0 Å². The largest absolute Gasteiger partial charge is 0.369 e. The number of likely N-dealkylation sites (tertiary alicyclic amines) is 1. The topological polar surface area (TPSA) is 101 Å². The Bertz CT molecular complexity index is 966. The molecule has 1 heterocycles. The second-order valence-corrected chi connectivity index (χ2v) is 8.87. The Morgan fingerprint density at radius 2 is 1.74 bits per heavy atom. The fourth-order valence-electron chi connectivity index (χ4n) is 3.30. The van der Waals surface area contributed by atoms with E-state index in [0.29, 0.717) is 25.9 Å². The van der Waals surface area contributed by atoms with Crippen molar-refractivity contribution in [1.29, 1.82) is 0 Å². The lowest BCUT2D eigenvalue weighted by atomic mass is 9.96. The summed E-state index contributed by atoms with van der Waals surface area (Å²) in [6, 6.07) is 12.4. The summed E-state index contributed by atoms with van der Waals surface area (Å²) in [4.78, 5) is 25.4. The van der Waals surface area contributed by atoms with Crippen LogP contribution in [0.1, 0.15) is 12.8 Å². The molecule has 0 aromatic heterocycles. The van der Waals surface area contributed by atoms with Gasteiger partial charge in [-0.25, -0.2) is 8.42 Å². The van der Waals surface area contributed by atoms with E-state index in [2.05, 4.69) is 0 Å². The number of nitrogens with zero attached hydrogens (tertiary/aromatic N) is 2. The summed E-state index contributed by atoms with van der Waals surface area (Å²) >= 11 is 0. The van der Waals surface area contributed by atoms with E-state index in [4.69, 9.17) is 5.73 Å². The van der Waals surface area contributed by atoms with Gasteiger partial charge in [-0.15, -0.1) is 0 Å². The number of sulfonamides is 1. The van der Waals surface area contributed by atoms with Crippen LogP contribution >= 0.6 is 0 Å². The van der Waals surface area contributed by atoms with Gasteiger partial charge in [0, 0.05) is 26.1 Å². The summed E-state index contributed by atoms with van der Waals surface area (Å²) in [7, 11) is -2.38. The van der Waals surface area contributed by atoms with Crippen molar-refractivity contribution in [3.8, 4) is 0 Å². The van der Waals surface area contributed by atoms with Gasteiger partial charge in [-0.2, -0.15) is 4.31 Å². The molecule has 2 aromatic rings. The zero-order valence-corrected chi connectivity index (χ0v) is 16.0. The Morgan fingerprint density at radius 3 is 2.37 bits per heavy atom. The van der Waals surface area contributed by atoms with Crippen molar-refractivity contribution in [1.82, 2.24) is 9.21 Å². The molecule has 0 bridgehead atoms. The molecule has 0 radical (unpaired) electrons. The lowest BCUT2D eigenvalue weighted by molar-refractivity contribution is -0.134. The van der Waals surface area contributed by atoms with Crippen LogP contribution < -0.4 is 5.73 Å². The van der Waals surface area contributed by atoms with Gasteiger partial charge < -0.3 is 10.6 Å². The summed E-state index contributed by atoms with van der Waals surface area (Å²) in [6.07, 6.45) is 1.03. The summed E-state index contributed by atoms with van der Waals surface area (Å²) < 4.78 is 26.7. The average molecular weight is 389 g/mol. The standard InChI is InChI=1S/C19H23N3O4S/c1-21(13-18(23)22-10-8-15(9-11-22)19(20)24)27(25,26)17-7-6-14-4-2-3-5-16(14)12-17/h2-7,12,15H,8-11,13H2,1H3,(H2,20,24). The maximum atomic E-state index is 12.8. The molecule has 2 aromatic carbocycles. The molecular weight excluding hydrogens is 366 g/mol. The number of benzene rings is 2. The van der Waals surface area contributed by atoms with Crippen molar-refractivity contribution in [3.63, 3.8) is 0 Å². The van der Waals surface area contributed by atoms with Gasteiger partial charge in [0.2, 0.25) is 21.8 Å². The van der Waals surface area contributed by atoms with Crippen LogP contribution in [0, 0.1) is 5.92 Å². The van der Waals surface area contributed by atoms with Crippen molar-refractivity contribution in [2.24, 2.45) is 11.7 Å². The van der Waals surface area contributed by atoms with Gasteiger partial charge in [-0.05, 0) is 35.7 Å². The van der Waals surface area contributed by atoms with Crippen LogP contribution in [0.15, 0.2) is 47.4 Å². The minimum atomic E-state index is -3.78. The lowest BCUT2D eigenvalue weighted by Gasteiger charge is -2.31. The van der Waals surface area contributed by atoms with E-state index < -0.39 is 10.0 Å². The molecule has 2 amide bonds. The first-order valence-corrected chi connectivity index (χ1v) is 10.3. The lowest BCUT2D eigenvalue weighted by Crippen LogP contribution is -2.46. The first kappa shape index (κ1) is 19.3. The summed E-state index contributed by atoms with van der Waals surface area (Å²) in [5.74, 6) is -0.837. The van der Waals surface area contributed by atoms with Crippen LogP contribution in [0.3, 0.4) is 0 Å². The SMILES string of the molecule is CN(CC(=O)N1CCC(C(N)=O)CC1)S(=O)(=O)c1ccc2ccccc2c1. The van der Waals surface area contributed by atoms with Crippen molar-refractivity contribution in [3.05, 3.63) is 42.5 Å². The average Bonchev–Trinajstić information content (AvgIpc) is 2.67. The number of piperidine rings is 1. The Balaban J connectivity index is 1.69. The number of carbonyl (C=O) groups excluding carboxylic acids is 2. The minimum Gasteiger partial charge on any atom is -0.369 e. The molecule has 8 heteroatoms. The predicted octanol–water partition coefficient (Wildman–Crippen LogP) is 1.18. The Labute approximate surface area is 158 Å². The number of rotatable bonds is 5. The number of hydrogen-bond acceptors (Lipinski definition) is 4. The predicted molar refractivity (Wildman–Crippen MR) is 102 cm³/mol. The van der Waals surface area contributed by atoms with E-state index in [1.54, 1.807) is 23.1 Å². The van der Waals surface area contributed by atoms with Crippen molar-refractivity contribution in [2.45, 2.75) is 17.7 Å². The maximum absolute atomic E-state index is 12.8. The fourth-order valence-corrected chi connectivity index (χ4v) is 4.45. The highest BCUT2D eigenvalue weighted by molar-refractivity contribution is 7.89. The second-order valence-electron chi connectivity index (χ2n) is 6.83. The molecule has 7 nitrogen and oxygen atoms in total. The van der Waals surface area contributed by atoms with E-state index in [1.807, 2.05) is 24.3 Å². The third kappa shape index (κ3) is 4.12. The van der Waals surface area contributed by atoms with E-state index in [1.165, 1.54) is 7.05 Å². The Morgan fingerprint density at radius 1 is 1.11 bits per heavy atom. The second kappa shape index (κ2) is 7.66. The number of fused-ring (bicyclic) bond motifs is 1. The first-order chi connectivity index (χ1) is 12.8. The normalized spacial score (nSPS) is 16.0. The van der Waals surface area contributed by atoms with Gasteiger partial charge in [0.15, 0.2) is 0 Å². The smallest absolute Gasteiger partial charge is 0.243 e. The molecule has 27 heavy (non-hydrogen) atoms. The van der Waals surface area contributed by atoms with Crippen LogP contribution in [0.2, 0.25) is 0 Å². The molecule has 1 aliphatic heterocycles. The van der Waals surface area contributed by atoms with Gasteiger partial charge >= 0.3 is 0 Å². The van der Waals surface area contributed by atoms with Crippen molar-refractivity contribution in [2.75, 3.05) is 26.7 Å². The van der Waals surface area contributed by atoms with Gasteiger partial charge in [0.25, 0.3) is 0 Å². The van der Waals surface area contributed by atoms with E-state index >= 15 is 0 Å². The monoisotopic (exact) mass is 389 g/mol.